The molecule has 0 aliphatic rings. The number of quaternary nitrogens is 1. The Morgan fingerprint density at radius 2 is 0.622 bits per heavy atom. The number of rotatable bonds is 69. The average molecular weight is 1180 g/mol. The molecule has 0 spiro atoms. The predicted octanol–water partition coefficient (Wildman–Crippen LogP) is 22.9. The summed E-state index contributed by atoms with van der Waals surface area (Å²) in [4.78, 5) is 38.0. The van der Waals surface area contributed by atoms with Crippen molar-refractivity contribution in [2.75, 3.05) is 47.5 Å². The monoisotopic (exact) mass is 1180 g/mol. The fraction of sp³-hybridized carbons (Fsp3) is 0.944. The Bertz CT molecular complexity index is 1390. The molecule has 0 saturated heterocycles. The Balaban J connectivity index is 3.81. The second kappa shape index (κ2) is 64.2. The van der Waals surface area contributed by atoms with Crippen LogP contribution in [0, 0.1) is 0 Å². The largest absolute Gasteiger partial charge is 0.756 e. The zero-order chi connectivity index (χ0) is 59.8. The van der Waals surface area contributed by atoms with Crippen LogP contribution < -0.4 is 4.89 Å². The van der Waals surface area contributed by atoms with E-state index in [0.717, 1.165) is 44.9 Å². The van der Waals surface area contributed by atoms with Gasteiger partial charge in [0.2, 0.25) is 0 Å². The lowest BCUT2D eigenvalue weighted by molar-refractivity contribution is -0.870. The topological polar surface area (TPSA) is 111 Å². The molecule has 0 rings (SSSR count). The smallest absolute Gasteiger partial charge is 0.306 e. The molecule has 10 heteroatoms. The number of allylic oxidation sites excluding steroid dienone is 2. The van der Waals surface area contributed by atoms with Gasteiger partial charge in [-0.2, -0.15) is 0 Å². The summed E-state index contributed by atoms with van der Waals surface area (Å²) in [6.07, 6.45) is 79.1. The second-order valence-electron chi connectivity index (χ2n) is 26.3. The first-order valence-electron chi connectivity index (χ1n) is 36.4. The minimum atomic E-state index is -4.63. The highest BCUT2D eigenvalue weighted by molar-refractivity contribution is 7.45. The van der Waals surface area contributed by atoms with Gasteiger partial charge in [0.05, 0.1) is 27.7 Å². The number of likely N-dealkylation sites (N-methyl/N-ethyl adjacent to an activating group) is 1. The number of phosphoric acid groups is 1. The average Bonchev–Trinajstić information content (AvgIpc) is 3.46. The molecule has 0 aliphatic carbocycles. The predicted molar refractivity (Wildman–Crippen MR) is 352 cm³/mol. The Kier molecular flexibility index (Phi) is 63.3. The van der Waals surface area contributed by atoms with Crippen LogP contribution in [0.25, 0.3) is 0 Å². The molecule has 0 radical (unpaired) electrons. The van der Waals surface area contributed by atoms with Crippen molar-refractivity contribution in [1.82, 2.24) is 0 Å². The van der Waals surface area contributed by atoms with Gasteiger partial charge in [0, 0.05) is 12.8 Å². The van der Waals surface area contributed by atoms with Gasteiger partial charge in [-0.1, -0.05) is 347 Å². The number of carbonyl (C=O) groups is 2. The van der Waals surface area contributed by atoms with Crippen LogP contribution in [0.4, 0.5) is 0 Å². The maximum Gasteiger partial charge on any atom is 0.306 e. The van der Waals surface area contributed by atoms with Gasteiger partial charge < -0.3 is 27.9 Å². The standard InChI is InChI=1S/C72H142NO8P/c1-6-8-10-12-14-16-18-20-22-24-25-26-27-28-29-30-31-32-33-34-35-36-37-38-39-40-41-42-43-44-45-46-47-49-50-52-54-56-58-60-62-64-71(74)78-68-70(69-80-82(76,77)79-67-66-73(3,4)5)81-72(75)65-63-61-59-57-55-53-51-48-23-21-19-17-15-13-11-9-7-2/h21,23,70H,6-20,22,24-69H2,1-5H3/b23-21-. The van der Waals surface area contributed by atoms with Crippen LogP contribution in [-0.4, -0.2) is 70.0 Å². The summed E-state index contributed by atoms with van der Waals surface area (Å²) >= 11 is 0. The molecule has 0 bridgehead atoms. The third-order valence-electron chi connectivity index (χ3n) is 16.8. The van der Waals surface area contributed by atoms with Gasteiger partial charge in [-0.15, -0.1) is 0 Å². The lowest BCUT2D eigenvalue weighted by atomic mass is 10.0. The number of unbranched alkanes of at least 4 members (excludes halogenated alkanes) is 53. The molecule has 0 aromatic rings. The van der Waals surface area contributed by atoms with E-state index >= 15 is 0 Å². The van der Waals surface area contributed by atoms with Crippen molar-refractivity contribution in [2.24, 2.45) is 0 Å². The summed E-state index contributed by atoms with van der Waals surface area (Å²) in [5.74, 6) is -0.817. The fourth-order valence-electron chi connectivity index (χ4n) is 11.2. The fourth-order valence-corrected chi connectivity index (χ4v) is 11.9. The highest BCUT2D eigenvalue weighted by Crippen LogP contribution is 2.38. The first kappa shape index (κ1) is 80.8. The molecule has 0 N–H and O–H groups in total. The van der Waals surface area contributed by atoms with Gasteiger partial charge in [0.15, 0.2) is 6.10 Å². The number of carbonyl (C=O) groups excluding carboxylic acids is 2. The Morgan fingerprint density at radius 1 is 0.366 bits per heavy atom. The molecule has 2 atom stereocenters. The number of esters is 2. The van der Waals surface area contributed by atoms with Crippen molar-refractivity contribution in [3.8, 4) is 0 Å². The number of hydrogen-bond acceptors (Lipinski definition) is 8. The maximum atomic E-state index is 12.8. The van der Waals surface area contributed by atoms with Gasteiger partial charge in [-0.3, -0.25) is 14.2 Å². The highest BCUT2D eigenvalue weighted by atomic mass is 31.2. The van der Waals surface area contributed by atoms with E-state index in [2.05, 4.69) is 26.0 Å². The molecular weight excluding hydrogens is 1040 g/mol. The summed E-state index contributed by atoms with van der Waals surface area (Å²) in [6.45, 7) is 4.30. The SMILES string of the molecule is CCCCCCCC/C=C\CCCCCCCCCC(=O)OC(COC(=O)CCCCCCCCCCCCCCCCCCCCCCCCCCCCCCCCCCCCCCCCCCC)COP(=O)([O-])OCC[N+](C)(C)C. The van der Waals surface area contributed by atoms with E-state index in [1.54, 1.807) is 0 Å². The zero-order valence-corrected chi connectivity index (χ0v) is 56.6. The molecule has 0 aromatic carbocycles. The van der Waals surface area contributed by atoms with Crippen LogP contribution in [-0.2, 0) is 32.7 Å². The third kappa shape index (κ3) is 67.9. The lowest BCUT2D eigenvalue weighted by Gasteiger charge is -2.28. The van der Waals surface area contributed by atoms with Gasteiger partial charge >= 0.3 is 11.9 Å². The van der Waals surface area contributed by atoms with Crippen LogP contribution in [0.15, 0.2) is 12.2 Å². The normalized spacial score (nSPS) is 13.1. The zero-order valence-electron chi connectivity index (χ0n) is 55.7. The van der Waals surface area contributed by atoms with E-state index in [9.17, 15) is 19.0 Å². The van der Waals surface area contributed by atoms with Crippen molar-refractivity contribution in [3.05, 3.63) is 12.2 Å². The third-order valence-corrected chi connectivity index (χ3v) is 17.7. The molecular formula is C72H142NO8P. The van der Waals surface area contributed by atoms with E-state index in [1.807, 2.05) is 21.1 Å². The van der Waals surface area contributed by atoms with E-state index in [-0.39, 0.29) is 32.0 Å². The van der Waals surface area contributed by atoms with Gasteiger partial charge in [-0.05, 0) is 38.5 Å². The minimum Gasteiger partial charge on any atom is -0.756 e. The Morgan fingerprint density at radius 3 is 0.902 bits per heavy atom. The second-order valence-corrected chi connectivity index (χ2v) is 27.7. The molecule has 0 aliphatic heterocycles. The first-order chi connectivity index (χ1) is 40.0. The molecule has 488 valence electrons. The molecule has 0 fully saturated rings. The highest BCUT2D eigenvalue weighted by Gasteiger charge is 2.22. The quantitative estimate of drug-likeness (QED) is 0.0195. The lowest BCUT2D eigenvalue weighted by Crippen LogP contribution is -2.37. The number of ether oxygens (including phenoxy) is 2. The van der Waals surface area contributed by atoms with Crippen LogP contribution in [0.5, 0.6) is 0 Å². The molecule has 0 aromatic heterocycles. The van der Waals surface area contributed by atoms with Crippen LogP contribution in [0.2, 0.25) is 0 Å². The molecule has 0 heterocycles. The maximum absolute atomic E-state index is 12.8. The van der Waals surface area contributed by atoms with Crippen molar-refractivity contribution in [3.63, 3.8) is 0 Å². The van der Waals surface area contributed by atoms with Crippen LogP contribution in [0.1, 0.15) is 386 Å². The number of hydrogen-bond donors (Lipinski definition) is 0. The number of phosphoric ester groups is 1. The first-order valence-corrected chi connectivity index (χ1v) is 37.9. The Hall–Kier alpha value is -1.25. The van der Waals surface area contributed by atoms with Crippen molar-refractivity contribution in [2.45, 2.75) is 392 Å². The Labute approximate surface area is 511 Å². The van der Waals surface area contributed by atoms with E-state index in [4.69, 9.17) is 18.5 Å². The summed E-state index contributed by atoms with van der Waals surface area (Å²) in [6, 6.07) is 0. The van der Waals surface area contributed by atoms with Gasteiger partial charge in [-0.25, -0.2) is 0 Å². The molecule has 0 amide bonds. The van der Waals surface area contributed by atoms with Crippen molar-refractivity contribution in [1.29, 1.82) is 0 Å². The molecule has 82 heavy (non-hydrogen) atoms. The summed E-state index contributed by atoms with van der Waals surface area (Å²) in [5, 5.41) is 0. The molecule has 0 saturated carbocycles. The minimum absolute atomic E-state index is 0.0279. The molecule has 9 nitrogen and oxygen atoms in total. The van der Waals surface area contributed by atoms with Crippen molar-refractivity contribution >= 4 is 19.8 Å². The van der Waals surface area contributed by atoms with Crippen LogP contribution >= 0.6 is 7.82 Å². The van der Waals surface area contributed by atoms with E-state index < -0.39 is 26.5 Å². The van der Waals surface area contributed by atoms with E-state index in [1.165, 1.54) is 308 Å². The van der Waals surface area contributed by atoms with Crippen LogP contribution in [0.3, 0.4) is 0 Å². The van der Waals surface area contributed by atoms with Crippen molar-refractivity contribution < 1.29 is 42.1 Å². The van der Waals surface area contributed by atoms with E-state index in [0.29, 0.717) is 17.4 Å². The van der Waals surface area contributed by atoms with Gasteiger partial charge in [0.1, 0.15) is 19.8 Å². The summed E-state index contributed by atoms with van der Waals surface area (Å²) in [7, 11) is 1.18. The summed E-state index contributed by atoms with van der Waals surface area (Å²) < 4.78 is 34.3. The number of nitrogens with zero attached hydrogens (tertiary/aromatic N) is 1. The molecule has 2 unspecified atom stereocenters. The summed E-state index contributed by atoms with van der Waals surface area (Å²) in [5.41, 5.74) is 0. The van der Waals surface area contributed by atoms with Gasteiger partial charge in [0.25, 0.3) is 7.82 Å².